The number of aromatic carboxylic acids is 1. The molecule has 0 aliphatic heterocycles. The maximum absolute atomic E-state index is 14.7. The predicted octanol–water partition coefficient (Wildman–Crippen LogP) is 3.45. The van der Waals surface area contributed by atoms with E-state index in [1.165, 1.54) is 6.20 Å². The van der Waals surface area contributed by atoms with Gasteiger partial charge >= 0.3 is 5.97 Å². The van der Waals surface area contributed by atoms with Gasteiger partial charge in [-0.25, -0.2) is 9.78 Å². The van der Waals surface area contributed by atoms with Crippen molar-refractivity contribution in [2.24, 2.45) is 0 Å². The molecule has 0 atom stereocenters. The summed E-state index contributed by atoms with van der Waals surface area (Å²) in [7, 11) is 1.74. The Bertz CT molecular complexity index is 1060. The Labute approximate surface area is 155 Å². The van der Waals surface area contributed by atoms with Gasteiger partial charge in [0.25, 0.3) is 0 Å². The minimum absolute atomic E-state index is 0.134. The van der Waals surface area contributed by atoms with E-state index in [2.05, 4.69) is 4.98 Å². The highest BCUT2D eigenvalue weighted by atomic mass is 19.1. The molecule has 0 aliphatic rings. The molecule has 0 bridgehead atoms. The Morgan fingerprint density at radius 3 is 2.56 bits per heavy atom. The summed E-state index contributed by atoms with van der Waals surface area (Å²) < 4.78 is 16.3. The summed E-state index contributed by atoms with van der Waals surface area (Å²) in [5, 5.41) is 9.26. The van der Waals surface area contributed by atoms with Crippen LogP contribution in [0, 0.1) is 5.95 Å². The second-order valence-corrected chi connectivity index (χ2v) is 6.69. The third kappa shape index (κ3) is 3.53. The third-order valence-corrected chi connectivity index (χ3v) is 4.40. The summed E-state index contributed by atoms with van der Waals surface area (Å²) in [5.74, 6) is -2.17. The number of pyridine rings is 2. The number of carboxylic acid groups (broad SMARTS) is 1. The van der Waals surface area contributed by atoms with E-state index in [9.17, 15) is 19.1 Å². The molecule has 0 amide bonds. The van der Waals surface area contributed by atoms with Crippen LogP contribution in [-0.2, 0) is 6.54 Å². The van der Waals surface area contributed by atoms with Crippen LogP contribution < -0.4 is 10.3 Å². The first-order valence-electron chi connectivity index (χ1n) is 8.53. The molecule has 1 aromatic carbocycles. The van der Waals surface area contributed by atoms with E-state index >= 15 is 0 Å². The van der Waals surface area contributed by atoms with Crippen molar-refractivity contribution in [3.05, 3.63) is 69.9 Å². The Hall–Kier alpha value is -3.22. The van der Waals surface area contributed by atoms with Gasteiger partial charge in [0.05, 0.1) is 11.2 Å². The van der Waals surface area contributed by atoms with Crippen LogP contribution in [-0.4, -0.2) is 27.7 Å². The Morgan fingerprint density at radius 2 is 1.96 bits per heavy atom. The molecule has 0 fully saturated rings. The summed E-state index contributed by atoms with van der Waals surface area (Å²) in [6.07, 6.45) is 1.29. The van der Waals surface area contributed by atoms with Crippen LogP contribution in [0.15, 0.2) is 47.4 Å². The zero-order valence-electron chi connectivity index (χ0n) is 15.3. The van der Waals surface area contributed by atoms with Crippen LogP contribution in [0.3, 0.4) is 0 Å². The van der Waals surface area contributed by atoms with Crippen molar-refractivity contribution >= 4 is 22.7 Å². The molecule has 6 nitrogen and oxygen atoms in total. The van der Waals surface area contributed by atoms with Crippen molar-refractivity contribution in [2.45, 2.75) is 26.4 Å². The molecule has 1 N–H and O–H groups in total. The monoisotopic (exact) mass is 369 g/mol. The number of hydrogen-bond acceptors (Lipinski definition) is 4. The molecule has 0 spiro atoms. The number of fused-ring (bicyclic) bond motifs is 1. The number of carboxylic acids is 1. The average Bonchev–Trinajstić information content (AvgIpc) is 2.62. The van der Waals surface area contributed by atoms with Gasteiger partial charge < -0.3 is 14.6 Å². The van der Waals surface area contributed by atoms with Gasteiger partial charge in [0.15, 0.2) is 0 Å². The minimum Gasteiger partial charge on any atom is -0.477 e. The predicted molar refractivity (Wildman–Crippen MR) is 102 cm³/mol. The maximum atomic E-state index is 14.7. The molecule has 140 valence electrons. The fourth-order valence-corrected chi connectivity index (χ4v) is 3.02. The molecular weight excluding hydrogens is 349 g/mol. The highest BCUT2D eigenvalue weighted by molar-refractivity contribution is 5.92. The van der Waals surface area contributed by atoms with Crippen molar-refractivity contribution in [3.63, 3.8) is 0 Å². The first-order chi connectivity index (χ1) is 12.8. The normalized spacial score (nSPS) is 11.1. The third-order valence-electron chi connectivity index (χ3n) is 4.40. The SMILES string of the molecule is CC(C)n1cc(C(=O)O)c(=O)c2nc(F)c(N(C)Cc3ccccc3)cc21. The van der Waals surface area contributed by atoms with Crippen LogP contribution in [0.25, 0.3) is 11.0 Å². The second kappa shape index (κ2) is 7.19. The number of halogens is 1. The molecule has 3 aromatic rings. The van der Waals surface area contributed by atoms with Crippen LogP contribution in [0.4, 0.5) is 10.1 Å². The first kappa shape index (κ1) is 18.6. The van der Waals surface area contributed by atoms with E-state index in [0.29, 0.717) is 12.1 Å². The minimum atomic E-state index is -1.36. The molecule has 3 rings (SSSR count). The van der Waals surface area contributed by atoms with Gasteiger partial charge in [-0.15, -0.1) is 0 Å². The van der Waals surface area contributed by atoms with Crippen LogP contribution in [0.5, 0.6) is 0 Å². The van der Waals surface area contributed by atoms with E-state index < -0.39 is 22.9 Å². The van der Waals surface area contributed by atoms with Gasteiger partial charge in [-0.1, -0.05) is 30.3 Å². The van der Waals surface area contributed by atoms with Crippen molar-refractivity contribution in [1.29, 1.82) is 0 Å². The van der Waals surface area contributed by atoms with E-state index in [1.807, 2.05) is 44.2 Å². The lowest BCUT2D eigenvalue weighted by molar-refractivity contribution is 0.0694. The molecular formula is C20H20FN3O3. The lowest BCUT2D eigenvalue weighted by Gasteiger charge is -2.22. The quantitative estimate of drug-likeness (QED) is 0.697. The summed E-state index contributed by atoms with van der Waals surface area (Å²) in [6.45, 7) is 4.17. The molecule has 27 heavy (non-hydrogen) atoms. The van der Waals surface area contributed by atoms with Gasteiger partial charge in [-0.05, 0) is 25.5 Å². The smallest absolute Gasteiger partial charge is 0.341 e. The molecule has 2 aromatic heterocycles. The van der Waals surface area contributed by atoms with Gasteiger partial charge in [-0.2, -0.15) is 4.39 Å². The second-order valence-electron chi connectivity index (χ2n) is 6.69. The van der Waals surface area contributed by atoms with Crippen molar-refractivity contribution in [2.75, 3.05) is 11.9 Å². The number of carbonyl (C=O) groups is 1. The van der Waals surface area contributed by atoms with Crippen LogP contribution in [0.2, 0.25) is 0 Å². The van der Waals surface area contributed by atoms with Gasteiger partial charge in [-0.3, -0.25) is 4.79 Å². The summed E-state index contributed by atoms with van der Waals surface area (Å²) >= 11 is 0. The number of rotatable bonds is 5. The molecule has 0 aliphatic carbocycles. The lowest BCUT2D eigenvalue weighted by Crippen LogP contribution is -2.23. The average molecular weight is 369 g/mol. The molecule has 7 heteroatoms. The van der Waals surface area contributed by atoms with E-state index in [-0.39, 0.29) is 17.2 Å². The zero-order chi connectivity index (χ0) is 19.7. The number of hydrogen-bond donors (Lipinski definition) is 1. The molecule has 0 radical (unpaired) electrons. The van der Waals surface area contributed by atoms with Gasteiger partial charge in [0, 0.05) is 25.8 Å². The molecule has 0 saturated carbocycles. The van der Waals surface area contributed by atoms with Gasteiger partial charge in [0.2, 0.25) is 11.4 Å². The molecule has 0 unspecified atom stereocenters. The molecule has 0 saturated heterocycles. The van der Waals surface area contributed by atoms with Gasteiger partial charge in [0.1, 0.15) is 11.1 Å². The van der Waals surface area contributed by atoms with Crippen molar-refractivity contribution in [1.82, 2.24) is 9.55 Å². The molecule has 2 heterocycles. The van der Waals surface area contributed by atoms with Crippen molar-refractivity contribution in [3.8, 4) is 0 Å². The summed E-state index contributed by atoms with van der Waals surface area (Å²) in [4.78, 5) is 29.3. The standard InChI is InChI=1S/C20H20FN3O3/c1-12(2)24-11-14(20(26)27)18(25)17-15(24)9-16(19(21)22-17)23(3)10-13-7-5-4-6-8-13/h4-9,11-12H,10H2,1-3H3,(H,26,27). The topological polar surface area (TPSA) is 75.4 Å². The van der Waals surface area contributed by atoms with E-state index in [1.54, 1.807) is 22.6 Å². The van der Waals surface area contributed by atoms with E-state index in [4.69, 9.17) is 0 Å². The number of nitrogens with zero attached hydrogens (tertiary/aromatic N) is 3. The number of anilines is 1. The Kier molecular flexibility index (Phi) is 4.94. The summed E-state index contributed by atoms with van der Waals surface area (Å²) in [5.41, 5.74) is 0.249. The number of aromatic nitrogens is 2. The highest BCUT2D eigenvalue weighted by Gasteiger charge is 2.20. The maximum Gasteiger partial charge on any atom is 0.341 e. The van der Waals surface area contributed by atoms with Crippen LogP contribution in [0.1, 0.15) is 35.8 Å². The van der Waals surface area contributed by atoms with Crippen molar-refractivity contribution < 1.29 is 14.3 Å². The van der Waals surface area contributed by atoms with Crippen LogP contribution >= 0.6 is 0 Å². The lowest BCUT2D eigenvalue weighted by atomic mass is 10.1. The van der Waals surface area contributed by atoms with E-state index in [0.717, 1.165) is 5.56 Å². The zero-order valence-corrected chi connectivity index (χ0v) is 15.3. The fraction of sp³-hybridized carbons (Fsp3) is 0.250. The Balaban J connectivity index is 2.18. The summed E-state index contributed by atoms with van der Waals surface area (Å²) in [6, 6.07) is 11.0. The highest BCUT2D eigenvalue weighted by Crippen LogP contribution is 2.25. The number of benzene rings is 1. The Morgan fingerprint density at radius 1 is 1.30 bits per heavy atom. The first-order valence-corrected chi connectivity index (χ1v) is 8.53. The largest absolute Gasteiger partial charge is 0.477 e. The fourth-order valence-electron chi connectivity index (χ4n) is 3.02.